The van der Waals surface area contributed by atoms with Crippen LogP contribution in [0.15, 0.2) is 149 Å². The number of H-pyrrole nitrogens is 1. The first-order valence-corrected chi connectivity index (χ1v) is 47.4. The third kappa shape index (κ3) is 33.0. The van der Waals surface area contributed by atoms with Gasteiger partial charge in [-0.25, -0.2) is 4.79 Å². The van der Waals surface area contributed by atoms with Crippen LogP contribution >= 0.6 is 0 Å². The summed E-state index contributed by atoms with van der Waals surface area (Å²) in [5.41, 5.74) is 6.82. The number of hydrogen-bond acceptors (Lipinski definition) is 22. The molecule has 9 rings (SSSR count). The summed E-state index contributed by atoms with van der Waals surface area (Å²) < 4.78 is 5.86. The maximum absolute atomic E-state index is 14.9. The molecule has 31 heteroatoms. The average Bonchev–Trinajstić information content (AvgIpc) is 1.25. The first kappa shape index (κ1) is 110. The Morgan fingerprint density at radius 1 is 0.613 bits per heavy atom. The molecule has 31 nitrogen and oxygen atoms in total. The Balaban J connectivity index is 0.000000352. The number of phenolic OH excluding ortho intramolecular Hbond substituents is 2. The number of carboxylic acids is 2. The van der Waals surface area contributed by atoms with Gasteiger partial charge in [0.05, 0.1) is 53.7 Å². The quantitative estimate of drug-likeness (QED) is 0.0142. The number of primary amides is 1. The van der Waals surface area contributed by atoms with Crippen molar-refractivity contribution in [3.8, 4) is 33.9 Å². The lowest BCUT2D eigenvalue weighted by Gasteiger charge is -2.32. The smallest absolute Gasteiger partial charge is 0.336 e. The van der Waals surface area contributed by atoms with Crippen LogP contribution in [-0.4, -0.2) is 192 Å². The molecule has 0 radical (unpaired) electrons. The monoisotopic (exact) mass is 1890 g/mol. The van der Waals surface area contributed by atoms with Gasteiger partial charge in [0.2, 0.25) is 35.4 Å². The van der Waals surface area contributed by atoms with Crippen LogP contribution in [0.4, 0.5) is 0 Å². The van der Waals surface area contributed by atoms with Crippen molar-refractivity contribution in [3.63, 3.8) is 0 Å². The Morgan fingerprint density at radius 3 is 1.89 bits per heavy atom. The Kier molecular flexibility index (Phi) is 41.6. The Labute approximate surface area is 799 Å². The molecule has 1 saturated heterocycles. The second-order valence-corrected chi connectivity index (χ2v) is 38.6. The van der Waals surface area contributed by atoms with Gasteiger partial charge in [0.15, 0.2) is 34.3 Å². The minimum Gasteiger partial charge on any atom is -0.508 e. The molecule has 0 saturated carbocycles. The number of aromatic hydroxyl groups is 2. The lowest BCUT2D eigenvalue weighted by molar-refractivity contribution is -0.139. The van der Waals surface area contributed by atoms with Gasteiger partial charge in [-0.1, -0.05) is 159 Å². The van der Waals surface area contributed by atoms with E-state index in [2.05, 4.69) is 31.6 Å². The molecule has 3 aliphatic rings. The maximum atomic E-state index is 14.9. The number of aromatic nitrogens is 1. The molecule has 738 valence electrons. The first-order chi connectivity index (χ1) is 64.9. The normalized spacial score (nSPS) is 20.3. The predicted molar refractivity (Wildman–Crippen MR) is 518 cm³/mol. The molecule has 6 amide bonds. The zero-order valence-electron chi connectivity index (χ0n) is 80.4. The number of phenols is 2. The number of amides is 6. The number of carbonyl (C=O) groups excluding carboxylic acids is 13. The number of Topliss-reactive ketones (excluding diaryl/α,β-unsaturated/α-hetero) is 7. The lowest BCUT2D eigenvalue weighted by Crippen LogP contribution is -2.50. The molecule has 1 aromatic heterocycles. The second-order valence-electron chi connectivity index (χ2n) is 38.6. The fraction of sp³-hybridized carbons (Fsp3) is 0.491. The van der Waals surface area contributed by atoms with Gasteiger partial charge in [-0.2, -0.15) is 0 Å². The zero-order chi connectivity index (χ0) is 101. The van der Waals surface area contributed by atoms with E-state index in [9.17, 15) is 107 Å². The van der Waals surface area contributed by atoms with Crippen molar-refractivity contribution in [2.24, 2.45) is 58.0 Å². The van der Waals surface area contributed by atoms with E-state index in [0.29, 0.717) is 53.6 Å². The summed E-state index contributed by atoms with van der Waals surface area (Å²) in [6.45, 7) is 16.0. The van der Waals surface area contributed by atoms with Crippen molar-refractivity contribution < 1.29 is 107 Å². The lowest BCUT2D eigenvalue weighted by atomic mass is 9.78. The van der Waals surface area contributed by atoms with Gasteiger partial charge in [0, 0.05) is 152 Å². The summed E-state index contributed by atoms with van der Waals surface area (Å²) in [5.74, 6) is -14.3. The van der Waals surface area contributed by atoms with Crippen LogP contribution in [0.2, 0.25) is 0 Å². The van der Waals surface area contributed by atoms with Crippen LogP contribution in [0, 0.1) is 52.3 Å². The third-order valence-corrected chi connectivity index (χ3v) is 25.8. The molecule has 137 heavy (non-hydrogen) atoms. The standard InChI is InChI=1S/C62H92N6O11.C44H44N2O12/c1-39(2)29-45-33-52(70)41(5)65-58(77)46(32-49-48-20-16-15-19-44(48)37-64-49)34-53(71)51(31-42-21-24-47(69)25-22-42)67-57(76)43(23-26-56(74)75)35-55(73)61(6,7)27-17-13-11-10-12-14-18-28-68(9)38-62(8,60(63)79)36-54(72)50(30-40(3)4)66-59(45)78;1-24(48)34(43(55)46-36(23-47)38(53)19-27(42(54)45-2)17-25-7-4-3-5-8-25)20-28(49)9-6-10-37(52)26-11-14-31(35(18-26)44(56)57)41-32-15-12-29(50)21-39(32)58-40-22-30(51)13-16-33(40)41/h15-16,19-22,24-25,37,39-41,43,45-46,50-51,64,69H,10-14,17-18,23,26-36,38H2,1-9H3,(H2,63,79)(H,65,77)(H,66,78)(H,67,76)(H,74,75);3-5,7-8,11-16,18,21-22,24,27,34,36,47-48,50H,6,9-10,17,19-20,23H2,1-2H3,(H,45,54)(H,46,55)(H,56,57)/t41-,43+,45+,46+,50-,51-,62-;24?,27-,34+,36+/m01/s1. The van der Waals surface area contributed by atoms with E-state index >= 15 is 0 Å². The first-order valence-electron chi connectivity index (χ1n) is 47.4. The summed E-state index contributed by atoms with van der Waals surface area (Å²) in [4.78, 5) is 221. The molecule has 2 aliphatic heterocycles. The largest absolute Gasteiger partial charge is 0.508 e. The van der Waals surface area contributed by atoms with Crippen LogP contribution in [0.3, 0.4) is 0 Å². The number of aliphatic hydroxyl groups excluding tert-OH is 2. The van der Waals surface area contributed by atoms with Gasteiger partial charge in [-0.15, -0.1) is 0 Å². The number of aromatic amines is 1. The predicted octanol–water partition coefficient (Wildman–Crippen LogP) is 12.7. The fourth-order valence-electron chi connectivity index (χ4n) is 17.7. The number of benzene rings is 6. The second kappa shape index (κ2) is 52.0. The van der Waals surface area contributed by atoms with E-state index in [4.69, 9.17) is 10.2 Å². The molecule has 1 aliphatic carbocycles. The van der Waals surface area contributed by atoms with Crippen molar-refractivity contribution in [2.75, 3.05) is 33.8 Å². The number of aromatic carboxylic acids is 1. The highest BCUT2D eigenvalue weighted by molar-refractivity contribution is 6.10. The topological polar surface area (TPSA) is 513 Å². The molecule has 1 unspecified atom stereocenters. The van der Waals surface area contributed by atoms with Crippen molar-refractivity contribution in [3.05, 3.63) is 178 Å². The summed E-state index contributed by atoms with van der Waals surface area (Å²) in [6, 6.07) is 30.5. The number of fused-ring (bicyclic) bond motifs is 3. The number of hydrogen-bond donors (Lipinski definition) is 13. The van der Waals surface area contributed by atoms with Crippen LogP contribution in [0.25, 0.3) is 44.2 Å². The van der Waals surface area contributed by atoms with Crippen LogP contribution in [-0.2, 0) is 81.6 Å². The van der Waals surface area contributed by atoms with E-state index in [1.54, 1.807) is 43.5 Å². The highest BCUT2D eigenvalue weighted by Gasteiger charge is 2.41. The molecule has 11 atom stereocenters. The number of ketones is 7. The molecule has 0 spiro atoms. The number of aliphatic hydroxyl groups is 2. The number of aliphatic carboxylic acids is 1. The van der Waals surface area contributed by atoms with Crippen LogP contribution in [0.1, 0.15) is 235 Å². The summed E-state index contributed by atoms with van der Waals surface area (Å²) in [7, 11) is 3.34. The van der Waals surface area contributed by atoms with Gasteiger partial charge >= 0.3 is 11.9 Å². The number of carboxylic acid groups (broad SMARTS) is 2. The van der Waals surface area contributed by atoms with E-state index < -0.39 is 167 Å². The van der Waals surface area contributed by atoms with Gasteiger partial charge in [0.25, 0.3) is 0 Å². The van der Waals surface area contributed by atoms with Crippen LogP contribution in [0.5, 0.6) is 11.5 Å². The van der Waals surface area contributed by atoms with E-state index in [1.165, 1.54) is 81.6 Å². The van der Waals surface area contributed by atoms with E-state index in [1.807, 2.05) is 96.0 Å². The van der Waals surface area contributed by atoms with Crippen molar-refractivity contribution in [2.45, 2.75) is 247 Å². The molecule has 6 aromatic rings. The minimum atomic E-state index is -1.39. The maximum Gasteiger partial charge on any atom is 0.336 e. The van der Waals surface area contributed by atoms with Crippen molar-refractivity contribution in [1.82, 2.24) is 36.5 Å². The molecular formula is C106H136N8O23. The zero-order valence-corrected chi connectivity index (χ0v) is 80.4. The van der Waals surface area contributed by atoms with Crippen molar-refractivity contribution >= 4 is 110 Å². The number of nitrogens with two attached hydrogens (primary N) is 1. The SMILES string of the molecule is CC(C)C[C@@H]1CC(=O)[C@H](C)NC(=O)[C@H](Cc2[nH]cc3ccccc23)CC(=O)[C@H](Cc2ccc(O)cc2)NC(=O)[C@H](CCC(=O)O)CC(=O)C(C)(C)CCCCCCCCCN(C)C[C@@](C)(C(N)=O)CC(=O)[C@H](CC(C)C)NC1=O.CNC(=O)[C@@H](CC(=O)[C@H](CO)NC(=O)[C@@H](CC(=O)CCCC(=O)c1ccc(-c2c3ccc(=O)cc-3oc3cc(O)ccc23)c(C(=O)O)c1)C(C)O)Cc1ccccc1. The molecular weight excluding hydrogens is 1750 g/mol. The highest BCUT2D eigenvalue weighted by atomic mass is 16.4. The number of rotatable bonds is 31. The molecule has 1 fully saturated rings. The Morgan fingerprint density at radius 2 is 1.24 bits per heavy atom. The minimum absolute atomic E-state index is 0.0154. The van der Waals surface area contributed by atoms with Gasteiger partial charge in [-0.3, -0.25) is 71.9 Å². The van der Waals surface area contributed by atoms with Crippen LogP contribution < -0.4 is 37.7 Å². The summed E-state index contributed by atoms with van der Waals surface area (Å²) in [6.07, 6.45) is 5.56. The van der Waals surface area contributed by atoms with Gasteiger partial charge in [-0.05, 0) is 162 Å². The summed E-state index contributed by atoms with van der Waals surface area (Å²) in [5, 5.41) is 76.3. The molecule has 3 heterocycles. The third-order valence-electron chi connectivity index (χ3n) is 25.8. The molecule has 14 N–H and O–H groups in total. The number of carbonyl (C=O) groups is 15. The highest BCUT2D eigenvalue weighted by Crippen LogP contribution is 2.43. The van der Waals surface area contributed by atoms with E-state index in [-0.39, 0.29) is 151 Å². The van der Waals surface area contributed by atoms with Gasteiger partial charge < -0.3 is 77.3 Å². The Hall–Kier alpha value is -12.7. The van der Waals surface area contributed by atoms with Crippen molar-refractivity contribution in [1.29, 1.82) is 0 Å². The molecule has 5 aromatic carbocycles. The van der Waals surface area contributed by atoms with E-state index in [0.717, 1.165) is 61.3 Å². The number of nitrogens with zero attached hydrogens (tertiary/aromatic N) is 1. The number of nitrogens with one attached hydrogen (secondary N) is 6. The fourth-order valence-corrected chi connectivity index (χ4v) is 17.7. The Bertz CT molecular complexity index is 5600. The molecule has 0 bridgehead atoms. The average molecular weight is 1890 g/mol. The van der Waals surface area contributed by atoms with Gasteiger partial charge in [0.1, 0.15) is 40.5 Å². The summed E-state index contributed by atoms with van der Waals surface area (Å²) >= 11 is 0.